The average Bonchev–Trinajstić information content (AvgIpc) is 3.08. The summed E-state index contributed by atoms with van der Waals surface area (Å²) in [6.45, 7) is 0. The van der Waals surface area contributed by atoms with Gasteiger partial charge in [-0.15, -0.1) is 0 Å². The molecule has 1 N–H and O–H groups in total. The Morgan fingerprint density at radius 3 is 2.10 bits per heavy atom. The maximum absolute atomic E-state index is 12.7. The molecule has 0 radical (unpaired) electrons. The lowest BCUT2D eigenvalue weighted by Crippen LogP contribution is -2.16. The Balaban J connectivity index is 1.83. The van der Waals surface area contributed by atoms with Gasteiger partial charge in [0.2, 0.25) is 5.95 Å². The van der Waals surface area contributed by atoms with Crippen LogP contribution in [0.5, 0.6) is 0 Å². The van der Waals surface area contributed by atoms with E-state index >= 15 is 0 Å². The first kappa shape index (κ1) is 21.0. The van der Waals surface area contributed by atoms with Gasteiger partial charge in [0, 0.05) is 18.0 Å². The fraction of sp³-hybridized carbons (Fsp3) is 0.133. The van der Waals surface area contributed by atoms with Gasteiger partial charge in [-0.05, 0) is 29.7 Å². The molecule has 0 atom stereocenters. The Kier molecular flexibility index (Phi) is 5.25. The van der Waals surface area contributed by atoms with E-state index in [-0.39, 0.29) is 10.6 Å². The van der Waals surface area contributed by atoms with Crippen LogP contribution < -0.4 is 4.72 Å². The summed E-state index contributed by atoms with van der Waals surface area (Å²) in [7, 11) is -4.47. The number of hydrogen-bond acceptors (Lipinski definition) is 6. The minimum atomic E-state index is -4.78. The molecule has 0 unspecified atom stereocenters. The largest absolute Gasteiger partial charge is 0.417 e. The molecule has 3 aromatic rings. The van der Waals surface area contributed by atoms with Gasteiger partial charge in [0.15, 0.2) is 0 Å². The van der Waals surface area contributed by atoms with Crippen molar-refractivity contribution in [3.05, 3.63) is 53.9 Å². The number of benzene rings is 1. The molecule has 0 aliphatic rings. The quantitative estimate of drug-likeness (QED) is 0.590. The number of hydrogen-bond donors (Lipinski definition) is 1. The van der Waals surface area contributed by atoms with Crippen LogP contribution in [-0.2, 0) is 22.4 Å². The van der Waals surface area contributed by atoms with Crippen molar-refractivity contribution in [2.45, 2.75) is 17.2 Å². The van der Waals surface area contributed by atoms with Crippen molar-refractivity contribution in [2.24, 2.45) is 0 Å². The van der Waals surface area contributed by atoms with E-state index in [9.17, 15) is 34.8 Å². The van der Waals surface area contributed by atoms with E-state index in [1.807, 2.05) is 4.72 Å². The van der Waals surface area contributed by atoms with Gasteiger partial charge in [0.25, 0.3) is 10.0 Å². The molecule has 154 valence electrons. The van der Waals surface area contributed by atoms with Crippen LogP contribution in [-0.4, -0.2) is 22.8 Å². The zero-order valence-corrected chi connectivity index (χ0v) is 15.4. The van der Waals surface area contributed by atoms with Crippen molar-refractivity contribution in [3.63, 3.8) is 0 Å². The molecule has 0 aliphatic carbocycles. The molecule has 0 aliphatic heterocycles. The van der Waals surface area contributed by atoms with Crippen LogP contribution >= 0.6 is 11.5 Å². The van der Waals surface area contributed by atoms with Crippen LogP contribution in [0.2, 0.25) is 0 Å². The third-order valence-corrected chi connectivity index (χ3v) is 5.52. The summed E-state index contributed by atoms with van der Waals surface area (Å²) in [4.78, 5) is 6.37. The van der Waals surface area contributed by atoms with Gasteiger partial charge < -0.3 is 0 Å². The first-order valence-corrected chi connectivity index (χ1v) is 9.68. The van der Waals surface area contributed by atoms with Crippen molar-refractivity contribution in [2.75, 3.05) is 4.72 Å². The lowest BCUT2D eigenvalue weighted by molar-refractivity contribution is -0.138. The van der Waals surface area contributed by atoms with Crippen LogP contribution in [0.4, 0.5) is 32.3 Å². The maximum Gasteiger partial charge on any atom is 0.417 e. The van der Waals surface area contributed by atoms with Gasteiger partial charge >= 0.3 is 12.4 Å². The summed E-state index contributed by atoms with van der Waals surface area (Å²) in [6.07, 6.45) is -8.10. The van der Waals surface area contributed by atoms with Crippen molar-refractivity contribution >= 4 is 27.5 Å². The first-order chi connectivity index (χ1) is 13.4. The SMILES string of the molecule is O=S(=O)(Nc1nsc(-c2ccc(C(F)(F)F)cc2)n1)c1cncc(C(F)(F)F)c1. The van der Waals surface area contributed by atoms with Crippen molar-refractivity contribution in [3.8, 4) is 10.6 Å². The van der Waals surface area contributed by atoms with Crippen LogP contribution in [0.25, 0.3) is 10.6 Å². The average molecular weight is 454 g/mol. The normalized spacial score (nSPS) is 12.8. The van der Waals surface area contributed by atoms with E-state index in [0.717, 1.165) is 30.5 Å². The Morgan fingerprint density at radius 2 is 1.52 bits per heavy atom. The summed E-state index contributed by atoms with van der Waals surface area (Å²) in [5, 5.41) is 0.110. The molecule has 0 fully saturated rings. The Hall–Kier alpha value is -2.74. The fourth-order valence-corrected chi connectivity index (χ4v) is 3.70. The Bertz CT molecular complexity index is 1120. The number of nitrogens with zero attached hydrogens (tertiary/aromatic N) is 3. The van der Waals surface area contributed by atoms with Crippen molar-refractivity contribution < 1.29 is 34.8 Å². The van der Waals surface area contributed by atoms with Gasteiger partial charge in [-0.25, -0.2) is 13.1 Å². The van der Waals surface area contributed by atoms with E-state index < -0.39 is 44.3 Å². The highest BCUT2D eigenvalue weighted by molar-refractivity contribution is 7.92. The van der Waals surface area contributed by atoms with Gasteiger partial charge in [0.1, 0.15) is 9.90 Å². The molecule has 0 saturated heterocycles. The predicted octanol–water partition coefficient (Wildman–Crippen LogP) is 4.44. The molecule has 0 saturated carbocycles. The summed E-state index contributed by atoms with van der Waals surface area (Å²) in [5.41, 5.74) is -1.87. The molecular formula is C15H8F6N4O2S2. The number of rotatable bonds is 4. The molecule has 14 heteroatoms. The molecule has 0 spiro atoms. The second-order valence-corrected chi connectivity index (χ2v) is 7.95. The number of alkyl halides is 6. The molecule has 1 aromatic carbocycles. The van der Waals surface area contributed by atoms with Crippen molar-refractivity contribution in [1.82, 2.24) is 14.3 Å². The maximum atomic E-state index is 12.7. The lowest BCUT2D eigenvalue weighted by Gasteiger charge is -2.08. The first-order valence-electron chi connectivity index (χ1n) is 7.43. The van der Waals surface area contributed by atoms with Gasteiger partial charge in [-0.3, -0.25) is 4.98 Å². The van der Waals surface area contributed by atoms with Crippen LogP contribution in [0.15, 0.2) is 47.6 Å². The monoisotopic (exact) mass is 454 g/mol. The van der Waals surface area contributed by atoms with Gasteiger partial charge in [-0.1, -0.05) is 12.1 Å². The van der Waals surface area contributed by atoms with E-state index in [1.165, 1.54) is 0 Å². The number of halogens is 6. The molecule has 6 nitrogen and oxygen atoms in total. The molecular weight excluding hydrogens is 446 g/mol. The lowest BCUT2D eigenvalue weighted by atomic mass is 10.1. The minimum absolute atomic E-state index is 0.110. The summed E-state index contributed by atoms with van der Waals surface area (Å²) >= 11 is 0.694. The molecule has 0 bridgehead atoms. The molecule has 29 heavy (non-hydrogen) atoms. The van der Waals surface area contributed by atoms with E-state index in [4.69, 9.17) is 0 Å². The van der Waals surface area contributed by atoms with Gasteiger partial charge in [-0.2, -0.15) is 35.7 Å². The highest BCUT2D eigenvalue weighted by Gasteiger charge is 2.33. The molecule has 2 heterocycles. The second kappa shape index (κ2) is 7.26. The highest BCUT2D eigenvalue weighted by Crippen LogP contribution is 2.32. The van der Waals surface area contributed by atoms with Crippen molar-refractivity contribution in [1.29, 1.82) is 0 Å². The highest BCUT2D eigenvalue weighted by atomic mass is 32.2. The van der Waals surface area contributed by atoms with Crippen LogP contribution in [0.3, 0.4) is 0 Å². The topological polar surface area (TPSA) is 84.8 Å². The summed E-state index contributed by atoms with van der Waals surface area (Å²) < 4.78 is 106. The fourth-order valence-electron chi connectivity index (χ4n) is 2.08. The van der Waals surface area contributed by atoms with Crippen LogP contribution in [0, 0.1) is 0 Å². The molecule has 0 amide bonds. The number of pyridine rings is 1. The number of nitrogens with one attached hydrogen (secondary N) is 1. The zero-order valence-electron chi connectivity index (χ0n) is 13.8. The summed E-state index contributed by atoms with van der Waals surface area (Å²) in [6, 6.07) is 4.33. The number of anilines is 1. The summed E-state index contributed by atoms with van der Waals surface area (Å²) in [5.74, 6) is -0.442. The Morgan fingerprint density at radius 1 is 0.897 bits per heavy atom. The number of aromatic nitrogens is 3. The predicted molar refractivity (Wildman–Crippen MR) is 90.4 cm³/mol. The van der Waals surface area contributed by atoms with Crippen LogP contribution in [0.1, 0.15) is 11.1 Å². The van der Waals surface area contributed by atoms with E-state index in [1.54, 1.807) is 0 Å². The molecule has 2 aromatic heterocycles. The second-order valence-electron chi connectivity index (χ2n) is 5.51. The third-order valence-electron chi connectivity index (χ3n) is 3.46. The van der Waals surface area contributed by atoms with Gasteiger partial charge in [0.05, 0.1) is 11.1 Å². The smallest absolute Gasteiger partial charge is 0.263 e. The van der Waals surface area contributed by atoms with E-state index in [2.05, 4.69) is 14.3 Å². The third kappa shape index (κ3) is 4.82. The minimum Gasteiger partial charge on any atom is -0.263 e. The number of sulfonamides is 1. The Labute approximate surface area is 163 Å². The zero-order chi connectivity index (χ0) is 21.4. The van der Waals surface area contributed by atoms with E-state index in [0.29, 0.717) is 23.8 Å². The standard InChI is InChI=1S/C15H8F6N4O2S2/c16-14(17,18)9-3-1-8(2-4-9)12-23-13(24-28-12)25-29(26,27)11-5-10(6-22-7-11)15(19,20)21/h1-7H,(H,24,25). The molecule has 3 rings (SSSR count).